The number of ether oxygens (including phenoxy) is 2. The van der Waals surface area contributed by atoms with Crippen LogP contribution in [0.5, 0.6) is 5.75 Å². The average Bonchev–Trinajstić information content (AvgIpc) is 2.96. The zero-order valence-electron chi connectivity index (χ0n) is 11.4. The maximum absolute atomic E-state index is 6.17. The van der Waals surface area contributed by atoms with Crippen LogP contribution in [-0.4, -0.2) is 18.0 Å². The van der Waals surface area contributed by atoms with Gasteiger partial charge in [0.2, 0.25) is 0 Å². The molecule has 1 spiro atoms. The van der Waals surface area contributed by atoms with Crippen molar-refractivity contribution in [1.29, 1.82) is 0 Å². The predicted molar refractivity (Wildman–Crippen MR) is 79.8 cm³/mol. The third kappa shape index (κ3) is 2.43. The third-order valence-corrected chi connectivity index (χ3v) is 6.12. The Labute approximate surface area is 123 Å². The molecular formula is C16H21BrO2. The highest BCUT2D eigenvalue weighted by atomic mass is 79.9. The van der Waals surface area contributed by atoms with Crippen molar-refractivity contribution >= 4 is 15.9 Å². The van der Waals surface area contributed by atoms with Gasteiger partial charge in [0, 0.05) is 10.2 Å². The zero-order valence-corrected chi connectivity index (χ0v) is 13.0. The van der Waals surface area contributed by atoms with Gasteiger partial charge in [0.1, 0.15) is 5.75 Å². The van der Waals surface area contributed by atoms with E-state index >= 15 is 0 Å². The second kappa shape index (κ2) is 5.45. The summed E-state index contributed by atoms with van der Waals surface area (Å²) in [5.74, 6) is 0.903. The summed E-state index contributed by atoms with van der Waals surface area (Å²) in [6, 6.07) is 8.17. The molecule has 2 nitrogen and oxygen atoms in total. The van der Waals surface area contributed by atoms with Gasteiger partial charge < -0.3 is 9.47 Å². The minimum absolute atomic E-state index is 0.437. The van der Waals surface area contributed by atoms with Crippen LogP contribution in [-0.2, 0) is 11.3 Å². The molecule has 0 amide bonds. The molecule has 0 radical (unpaired) electrons. The smallest absolute Gasteiger partial charge is 0.118 e. The lowest BCUT2D eigenvalue weighted by Crippen LogP contribution is -2.53. The van der Waals surface area contributed by atoms with Gasteiger partial charge in [-0.2, -0.15) is 0 Å². The lowest BCUT2D eigenvalue weighted by atomic mass is 9.64. The Bertz CT molecular complexity index is 423. The number of alkyl halides is 1. The van der Waals surface area contributed by atoms with E-state index in [4.69, 9.17) is 9.47 Å². The molecule has 0 saturated heterocycles. The van der Waals surface area contributed by atoms with E-state index in [-0.39, 0.29) is 0 Å². The molecule has 104 valence electrons. The fourth-order valence-electron chi connectivity index (χ4n) is 3.52. The molecule has 0 N–H and O–H groups in total. The van der Waals surface area contributed by atoms with Crippen molar-refractivity contribution in [3.05, 3.63) is 29.8 Å². The van der Waals surface area contributed by atoms with Crippen molar-refractivity contribution < 1.29 is 9.47 Å². The number of hydrogen-bond acceptors (Lipinski definition) is 2. The molecule has 3 heteroatoms. The van der Waals surface area contributed by atoms with Crippen molar-refractivity contribution in [3.63, 3.8) is 0 Å². The molecule has 0 aromatic heterocycles. The number of rotatable bonds is 4. The van der Waals surface area contributed by atoms with E-state index in [1.807, 2.05) is 12.1 Å². The van der Waals surface area contributed by atoms with E-state index in [2.05, 4.69) is 28.1 Å². The Kier molecular flexibility index (Phi) is 3.86. The molecular weight excluding hydrogens is 304 g/mol. The van der Waals surface area contributed by atoms with Crippen molar-refractivity contribution in [2.24, 2.45) is 5.41 Å². The molecule has 2 fully saturated rings. The van der Waals surface area contributed by atoms with Gasteiger partial charge in [-0.05, 0) is 37.0 Å². The quantitative estimate of drug-likeness (QED) is 0.768. The first-order chi connectivity index (χ1) is 9.24. The molecule has 0 aliphatic heterocycles. The number of methoxy groups -OCH3 is 1. The normalized spacial score (nSPS) is 28.3. The summed E-state index contributed by atoms with van der Waals surface area (Å²) in [7, 11) is 1.69. The molecule has 2 saturated carbocycles. The highest BCUT2D eigenvalue weighted by Crippen LogP contribution is 2.57. The third-order valence-electron chi connectivity index (χ3n) is 4.83. The number of halogens is 1. The first-order valence-corrected chi connectivity index (χ1v) is 8.05. The van der Waals surface area contributed by atoms with Crippen LogP contribution >= 0.6 is 15.9 Å². The van der Waals surface area contributed by atoms with Crippen molar-refractivity contribution in [2.45, 2.75) is 49.6 Å². The molecule has 0 bridgehead atoms. The largest absolute Gasteiger partial charge is 0.497 e. The maximum atomic E-state index is 6.17. The van der Waals surface area contributed by atoms with Gasteiger partial charge in [-0.3, -0.25) is 0 Å². The number of benzene rings is 1. The van der Waals surface area contributed by atoms with Crippen molar-refractivity contribution in [2.75, 3.05) is 7.11 Å². The Balaban J connectivity index is 1.57. The summed E-state index contributed by atoms with van der Waals surface area (Å²) in [4.78, 5) is 0.670. The lowest BCUT2D eigenvalue weighted by Gasteiger charge is -2.51. The fourth-order valence-corrected chi connectivity index (χ4v) is 4.61. The lowest BCUT2D eigenvalue weighted by molar-refractivity contribution is -0.108. The van der Waals surface area contributed by atoms with Crippen LogP contribution in [0.15, 0.2) is 24.3 Å². The number of hydrogen-bond donors (Lipinski definition) is 0. The Morgan fingerprint density at radius 1 is 1.21 bits per heavy atom. The fraction of sp³-hybridized carbons (Fsp3) is 0.625. The SMILES string of the molecule is COc1ccc(COC2CC(Br)C23CCCC3)cc1. The van der Waals surface area contributed by atoms with Crippen LogP contribution in [0, 0.1) is 5.41 Å². The van der Waals surface area contributed by atoms with Gasteiger partial charge >= 0.3 is 0 Å². The molecule has 1 aromatic rings. The van der Waals surface area contributed by atoms with E-state index in [9.17, 15) is 0 Å². The van der Waals surface area contributed by atoms with Gasteiger partial charge in [-0.15, -0.1) is 0 Å². The summed E-state index contributed by atoms with van der Waals surface area (Å²) in [5, 5.41) is 0. The summed E-state index contributed by atoms with van der Waals surface area (Å²) >= 11 is 3.83. The molecule has 0 heterocycles. The Morgan fingerprint density at radius 2 is 1.89 bits per heavy atom. The van der Waals surface area contributed by atoms with Gasteiger partial charge in [0.05, 0.1) is 19.8 Å². The highest BCUT2D eigenvalue weighted by Gasteiger charge is 2.55. The van der Waals surface area contributed by atoms with Crippen molar-refractivity contribution in [3.8, 4) is 5.75 Å². The summed E-state index contributed by atoms with van der Waals surface area (Å²) in [6.07, 6.45) is 7.00. The second-order valence-electron chi connectivity index (χ2n) is 5.79. The molecule has 2 unspecified atom stereocenters. The van der Waals surface area contributed by atoms with E-state index in [0.29, 0.717) is 16.3 Å². The van der Waals surface area contributed by atoms with Gasteiger partial charge in [-0.25, -0.2) is 0 Å². The van der Waals surface area contributed by atoms with Crippen LogP contribution in [0.2, 0.25) is 0 Å². The molecule has 3 rings (SSSR count). The van der Waals surface area contributed by atoms with Gasteiger partial charge in [-0.1, -0.05) is 40.9 Å². The first kappa shape index (κ1) is 13.4. The zero-order chi connectivity index (χ0) is 13.3. The maximum Gasteiger partial charge on any atom is 0.118 e. The minimum Gasteiger partial charge on any atom is -0.497 e. The van der Waals surface area contributed by atoms with Crippen LogP contribution in [0.25, 0.3) is 0 Å². The molecule has 2 aliphatic rings. The van der Waals surface area contributed by atoms with Crippen LogP contribution < -0.4 is 4.74 Å². The van der Waals surface area contributed by atoms with Crippen molar-refractivity contribution in [1.82, 2.24) is 0 Å². The standard InChI is InChI=1S/C16H21BrO2/c1-18-13-6-4-12(5-7-13)11-19-15-10-14(17)16(15)8-2-3-9-16/h4-7,14-15H,2-3,8-11H2,1H3. The summed E-state index contributed by atoms with van der Waals surface area (Å²) in [6.45, 7) is 0.718. The second-order valence-corrected chi connectivity index (χ2v) is 6.90. The molecule has 2 aliphatic carbocycles. The summed E-state index contributed by atoms with van der Waals surface area (Å²) in [5.41, 5.74) is 1.67. The van der Waals surface area contributed by atoms with E-state index in [0.717, 1.165) is 18.8 Å². The van der Waals surface area contributed by atoms with Crippen LogP contribution in [0.1, 0.15) is 37.7 Å². The van der Waals surface area contributed by atoms with E-state index < -0.39 is 0 Å². The van der Waals surface area contributed by atoms with Gasteiger partial charge in [0.25, 0.3) is 0 Å². The minimum atomic E-state index is 0.437. The van der Waals surface area contributed by atoms with Crippen LogP contribution in [0.3, 0.4) is 0 Å². The highest BCUT2D eigenvalue weighted by molar-refractivity contribution is 9.09. The predicted octanol–water partition coefficient (Wildman–Crippen LogP) is 4.31. The average molecular weight is 325 g/mol. The monoisotopic (exact) mass is 324 g/mol. The summed E-state index contributed by atoms with van der Waals surface area (Å²) < 4.78 is 11.3. The van der Waals surface area contributed by atoms with Gasteiger partial charge in [0.15, 0.2) is 0 Å². The molecule has 2 atom stereocenters. The topological polar surface area (TPSA) is 18.5 Å². The first-order valence-electron chi connectivity index (χ1n) is 7.13. The van der Waals surface area contributed by atoms with Crippen LogP contribution in [0.4, 0.5) is 0 Å². The molecule has 1 aromatic carbocycles. The Morgan fingerprint density at radius 3 is 2.47 bits per heavy atom. The molecule has 19 heavy (non-hydrogen) atoms. The Hall–Kier alpha value is -0.540. The van der Waals surface area contributed by atoms with E-state index in [1.165, 1.54) is 31.2 Å². The van der Waals surface area contributed by atoms with E-state index in [1.54, 1.807) is 7.11 Å².